The molecule has 2 aromatic rings. The summed E-state index contributed by atoms with van der Waals surface area (Å²) >= 11 is 6.15. The van der Waals surface area contributed by atoms with Crippen LogP contribution in [-0.2, 0) is 11.4 Å². The highest BCUT2D eigenvalue weighted by Crippen LogP contribution is 2.29. The van der Waals surface area contributed by atoms with Gasteiger partial charge in [-0.05, 0) is 30.3 Å². The van der Waals surface area contributed by atoms with E-state index in [1.807, 2.05) is 18.2 Å². The van der Waals surface area contributed by atoms with Gasteiger partial charge in [-0.2, -0.15) is 0 Å². The van der Waals surface area contributed by atoms with Crippen LogP contribution in [0.5, 0.6) is 5.75 Å². The predicted molar refractivity (Wildman–Crippen MR) is 90.0 cm³/mol. The quantitative estimate of drug-likeness (QED) is 0.851. The van der Waals surface area contributed by atoms with E-state index in [-0.39, 0.29) is 6.61 Å². The lowest BCUT2D eigenvalue weighted by molar-refractivity contribution is -0.118. The van der Waals surface area contributed by atoms with Crippen molar-refractivity contribution in [2.75, 3.05) is 11.9 Å². The summed E-state index contributed by atoms with van der Waals surface area (Å²) in [6.07, 6.45) is 1.15. The molecular weight excluding hydrogens is 352 g/mol. The zero-order valence-electron chi connectivity index (χ0n) is 13.1. The van der Waals surface area contributed by atoms with Crippen LogP contribution in [0.15, 0.2) is 42.6 Å². The first-order chi connectivity index (χ1) is 11.9. The Labute approximate surface area is 148 Å². The Bertz CT molecular complexity index is 759. The van der Waals surface area contributed by atoms with Gasteiger partial charge in [0.1, 0.15) is 12.4 Å². The maximum absolute atomic E-state index is 13.2. The first kappa shape index (κ1) is 17.6. The van der Waals surface area contributed by atoms with Crippen molar-refractivity contribution in [3.05, 3.63) is 53.3 Å². The van der Waals surface area contributed by atoms with E-state index < -0.39 is 30.8 Å². The third-order valence-corrected chi connectivity index (χ3v) is 4.02. The highest BCUT2D eigenvalue weighted by Gasteiger charge is 2.42. The molecule has 132 valence electrons. The number of halogens is 3. The number of rotatable bonds is 5. The minimum Gasteiger partial charge on any atom is -0.486 e. The highest BCUT2D eigenvalue weighted by atomic mass is 35.5. The number of nitrogens with zero attached hydrogens (tertiary/aromatic N) is 1. The zero-order chi connectivity index (χ0) is 17.9. The highest BCUT2D eigenvalue weighted by molar-refractivity contribution is 6.32. The monoisotopic (exact) mass is 367 g/mol. The SMILES string of the molecule is O=C(Nc1ccc(OCc2ccccn2)c(Cl)c1)C1CC(F)(F)CN1. The van der Waals surface area contributed by atoms with Crippen LogP contribution in [0.3, 0.4) is 0 Å². The van der Waals surface area contributed by atoms with Crippen LogP contribution in [0.1, 0.15) is 12.1 Å². The molecule has 2 N–H and O–H groups in total. The molecule has 1 fully saturated rings. The van der Waals surface area contributed by atoms with E-state index in [2.05, 4.69) is 15.6 Å². The van der Waals surface area contributed by atoms with Crippen LogP contribution in [0, 0.1) is 0 Å². The average Bonchev–Trinajstić information content (AvgIpc) is 2.95. The summed E-state index contributed by atoms with van der Waals surface area (Å²) in [5, 5.41) is 5.39. The molecule has 1 saturated heterocycles. The third-order valence-electron chi connectivity index (χ3n) is 3.73. The molecular formula is C17H16ClF2N3O2. The molecule has 1 aromatic carbocycles. The third kappa shape index (κ3) is 4.64. The molecule has 0 spiro atoms. The van der Waals surface area contributed by atoms with Crippen LogP contribution in [0.4, 0.5) is 14.5 Å². The Morgan fingerprint density at radius 2 is 2.24 bits per heavy atom. The predicted octanol–water partition coefficient (Wildman–Crippen LogP) is 3.25. The number of aromatic nitrogens is 1. The second-order valence-electron chi connectivity index (χ2n) is 5.74. The fourth-order valence-corrected chi connectivity index (χ4v) is 2.70. The molecule has 1 amide bonds. The first-order valence-corrected chi connectivity index (χ1v) is 8.05. The summed E-state index contributed by atoms with van der Waals surface area (Å²) in [5.74, 6) is -2.94. The molecule has 0 bridgehead atoms. The van der Waals surface area contributed by atoms with Gasteiger partial charge in [-0.1, -0.05) is 17.7 Å². The molecule has 0 radical (unpaired) electrons. The fourth-order valence-electron chi connectivity index (χ4n) is 2.46. The second kappa shape index (κ2) is 7.33. The van der Waals surface area contributed by atoms with E-state index in [4.69, 9.17) is 16.3 Å². The molecule has 2 heterocycles. The summed E-state index contributed by atoms with van der Waals surface area (Å²) in [5.41, 5.74) is 1.17. The second-order valence-corrected chi connectivity index (χ2v) is 6.14. The van der Waals surface area contributed by atoms with Crippen molar-refractivity contribution in [1.29, 1.82) is 0 Å². The number of ether oxygens (including phenoxy) is 1. The largest absolute Gasteiger partial charge is 0.486 e. The number of nitrogens with one attached hydrogen (secondary N) is 2. The Kier molecular flexibility index (Phi) is 5.15. The van der Waals surface area contributed by atoms with Gasteiger partial charge in [-0.15, -0.1) is 0 Å². The summed E-state index contributed by atoms with van der Waals surface area (Å²) in [6.45, 7) is -0.237. The Morgan fingerprint density at radius 3 is 2.88 bits per heavy atom. The normalized spacial score (nSPS) is 18.8. The molecule has 8 heteroatoms. The van der Waals surface area contributed by atoms with Gasteiger partial charge in [-0.25, -0.2) is 8.78 Å². The van der Waals surface area contributed by atoms with Gasteiger partial charge < -0.3 is 10.1 Å². The molecule has 1 aromatic heterocycles. The van der Waals surface area contributed by atoms with Gasteiger partial charge >= 0.3 is 0 Å². The van der Waals surface area contributed by atoms with Crippen molar-refractivity contribution in [2.24, 2.45) is 0 Å². The van der Waals surface area contributed by atoms with Crippen LogP contribution in [0.25, 0.3) is 0 Å². The number of alkyl halides is 2. The van der Waals surface area contributed by atoms with Crippen LogP contribution in [0.2, 0.25) is 5.02 Å². The van der Waals surface area contributed by atoms with Crippen molar-refractivity contribution >= 4 is 23.2 Å². The minimum atomic E-state index is -2.86. The topological polar surface area (TPSA) is 63.2 Å². The zero-order valence-corrected chi connectivity index (χ0v) is 13.9. The smallest absolute Gasteiger partial charge is 0.262 e. The molecule has 25 heavy (non-hydrogen) atoms. The summed E-state index contributed by atoms with van der Waals surface area (Å²) in [6, 6.07) is 9.29. The molecule has 1 aliphatic heterocycles. The van der Waals surface area contributed by atoms with E-state index in [0.717, 1.165) is 5.69 Å². The number of amides is 1. The Hall–Kier alpha value is -2.25. The lowest BCUT2D eigenvalue weighted by Gasteiger charge is -2.13. The summed E-state index contributed by atoms with van der Waals surface area (Å²) in [4.78, 5) is 16.2. The van der Waals surface area contributed by atoms with Crippen molar-refractivity contribution in [3.63, 3.8) is 0 Å². The molecule has 5 nitrogen and oxygen atoms in total. The van der Waals surface area contributed by atoms with Gasteiger partial charge in [0, 0.05) is 18.3 Å². The number of carbonyl (C=O) groups is 1. The lowest BCUT2D eigenvalue weighted by Crippen LogP contribution is -2.35. The number of hydrogen-bond acceptors (Lipinski definition) is 4. The summed E-state index contributed by atoms with van der Waals surface area (Å²) in [7, 11) is 0. The molecule has 1 unspecified atom stereocenters. The first-order valence-electron chi connectivity index (χ1n) is 7.67. The molecule has 1 aliphatic rings. The molecule has 1 atom stereocenters. The van der Waals surface area contributed by atoms with Crippen molar-refractivity contribution < 1.29 is 18.3 Å². The Morgan fingerprint density at radius 1 is 1.40 bits per heavy atom. The van der Waals surface area contributed by atoms with Crippen molar-refractivity contribution in [2.45, 2.75) is 25.0 Å². The van der Waals surface area contributed by atoms with E-state index in [1.54, 1.807) is 18.3 Å². The summed E-state index contributed by atoms with van der Waals surface area (Å²) < 4.78 is 31.9. The number of pyridine rings is 1. The maximum Gasteiger partial charge on any atom is 0.262 e. The van der Waals surface area contributed by atoms with Crippen molar-refractivity contribution in [3.8, 4) is 5.75 Å². The molecule has 3 rings (SSSR count). The van der Waals surface area contributed by atoms with Crippen LogP contribution < -0.4 is 15.4 Å². The van der Waals surface area contributed by atoms with E-state index in [0.29, 0.717) is 16.5 Å². The van der Waals surface area contributed by atoms with Crippen LogP contribution >= 0.6 is 11.6 Å². The fraction of sp³-hybridized carbons (Fsp3) is 0.294. The standard InChI is InChI=1S/C17H16ClF2N3O2/c18-13-7-11(23-16(24)14-8-17(19,20)10-22-14)4-5-15(13)25-9-12-3-1-2-6-21-12/h1-7,14,22H,8-10H2,(H,23,24). The average molecular weight is 368 g/mol. The van der Waals surface area contributed by atoms with E-state index in [9.17, 15) is 13.6 Å². The van der Waals surface area contributed by atoms with Gasteiger partial charge in [0.2, 0.25) is 5.91 Å². The Balaban J connectivity index is 1.59. The number of benzene rings is 1. The van der Waals surface area contributed by atoms with Gasteiger partial charge in [0.25, 0.3) is 5.92 Å². The van der Waals surface area contributed by atoms with E-state index in [1.165, 1.54) is 6.07 Å². The number of anilines is 1. The number of carbonyl (C=O) groups excluding carboxylic acids is 1. The minimum absolute atomic E-state index is 0.257. The molecule has 0 aliphatic carbocycles. The van der Waals surface area contributed by atoms with Crippen LogP contribution in [-0.4, -0.2) is 29.4 Å². The number of hydrogen-bond donors (Lipinski definition) is 2. The van der Waals surface area contributed by atoms with Crippen molar-refractivity contribution in [1.82, 2.24) is 10.3 Å². The van der Waals surface area contributed by atoms with Gasteiger partial charge in [0.15, 0.2) is 0 Å². The van der Waals surface area contributed by atoms with E-state index >= 15 is 0 Å². The maximum atomic E-state index is 13.2. The van der Waals surface area contributed by atoms with Gasteiger partial charge in [0.05, 0.1) is 23.3 Å². The molecule has 0 saturated carbocycles. The lowest BCUT2D eigenvalue weighted by atomic mass is 10.2. The van der Waals surface area contributed by atoms with Gasteiger partial charge in [-0.3, -0.25) is 15.1 Å².